The summed E-state index contributed by atoms with van der Waals surface area (Å²) in [7, 11) is 1.94. The first kappa shape index (κ1) is 13.8. The predicted octanol–water partition coefficient (Wildman–Crippen LogP) is 3.17. The Kier molecular flexibility index (Phi) is 5.21. The van der Waals surface area contributed by atoms with E-state index in [9.17, 15) is 0 Å². The maximum absolute atomic E-state index is 4.16. The molecule has 82 valence electrons. The first-order valence-corrected chi connectivity index (χ1v) is 4.81. The van der Waals surface area contributed by atoms with Gasteiger partial charge in [0.1, 0.15) is 0 Å². The highest BCUT2D eigenvalue weighted by Crippen LogP contribution is 2.26. The minimum Gasteiger partial charge on any atom is -0.344 e. The number of nitrogens with zero attached hydrogens (tertiary/aromatic N) is 2. The van der Waals surface area contributed by atoms with Gasteiger partial charge in [-0.15, -0.1) is 0 Å². The fourth-order valence-corrected chi connectivity index (χ4v) is 1.91. The predicted molar refractivity (Wildman–Crippen MR) is 66.4 cm³/mol. The minimum absolute atomic E-state index is 0. The third kappa shape index (κ3) is 2.65. The van der Waals surface area contributed by atoms with Crippen molar-refractivity contribution in [1.82, 2.24) is 22.1 Å². The fourth-order valence-electron chi connectivity index (χ4n) is 1.33. The van der Waals surface area contributed by atoms with E-state index in [1.165, 1.54) is 5.56 Å². The van der Waals surface area contributed by atoms with Gasteiger partial charge in [-0.2, -0.15) is 5.10 Å². The molecule has 0 aliphatic heterocycles. The van der Waals surface area contributed by atoms with Crippen molar-refractivity contribution in [3.8, 4) is 11.3 Å². The highest BCUT2D eigenvalue weighted by molar-refractivity contribution is 9.10. The molecule has 0 bridgehead atoms. The maximum atomic E-state index is 4.16. The van der Waals surface area contributed by atoms with E-state index in [0.29, 0.717) is 0 Å². The molecule has 1 aromatic heterocycles. The quantitative estimate of drug-likeness (QED) is 0.834. The Labute approximate surface area is 97.6 Å². The molecule has 1 heterocycles. The van der Waals surface area contributed by atoms with Crippen LogP contribution >= 0.6 is 15.9 Å². The number of halogens is 1. The molecule has 2 rings (SSSR count). The van der Waals surface area contributed by atoms with Gasteiger partial charge >= 0.3 is 0 Å². The van der Waals surface area contributed by atoms with Crippen molar-refractivity contribution >= 4 is 15.9 Å². The third-order valence-electron chi connectivity index (χ3n) is 1.94. The molecule has 6 N–H and O–H groups in total. The van der Waals surface area contributed by atoms with Gasteiger partial charge in [-0.3, -0.25) is 4.68 Å². The van der Waals surface area contributed by atoms with Crippen LogP contribution in [0.5, 0.6) is 0 Å². The van der Waals surface area contributed by atoms with E-state index in [2.05, 4.69) is 33.2 Å². The Morgan fingerprint density at radius 1 is 1.13 bits per heavy atom. The van der Waals surface area contributed by atoms with Crippen molar-refractivity contribution in [2.45, 2.75) is 0 Å². The van der Waals surface area contributed by atoms with Gasteiger partial charge in [0.2, 0.25) is 0 Å². The second kappa shape index (κ2) is 5.65. The molecule has 4 nitrogen and oxygen atoms in total. The lowest BCUT2D eigenvalue weighted by Gasteiger charge is -2.01. The summed E-state index contributed by atoms with van der Waals surface area (Å²) in [5, 5.41) is 4.16. The molecule has 0 saturated heterocycles. The number of hydrogen-bond donors (Lipinski definition) is 2. The lowest BCUT2D eigenvalue weighted by molar-refractivity contribution is 0.776. The standard InChI is InChI=1S/C10H9BrN2.2H3N/c1-13-10(9(11)7-12-13)8-5-3-2-4-6-8;;/h2-7H,1H3;2*1H3. The zero-order valence-electron chi connectivity index (χ0n) is 8.65. The summed E-state index contributed by atoms with van der Waals surface area (Å²) in [5.41, 5.74) is 2.29. The van der Waals surface area contributed by atoms with Crippen LogP contribution in [0.25, 0.3) is 11.3 Å². The van der Waals surface area contributed by atoms with Crippen LogP contribution in [0, 0.1) is 0 Å². The van der Waals surface area contributed by atoms with Gasteiger partial charge in [0.15, 0.2) is 0 Å². The number of aryl methyl sites for hydroxylation is 1. The molecule has 15 heavy (non-hydrogen) atoms. The summed E-state index contributed by atoms with van der Waals surface area (Å²) >= 11 is 3.47. The molecule has 0 saturated carbocycles. The van der Waals surface area contributed by atoms with E-state index in [0.717, 1.165) is 10.2 Å². The summed E-state index contributed by atoms with van der Waals surface area (Å²) in [5.74, 6) is 0. The van der Waals surface area contributed by atoms with Gasteiger partial charge < -0.3 is 12.3 Å². The molecule has 0 radical (unpaired) electrons. The number of rotatable bonds is 1. The van der Waals surface area contributed by atoms with Gasteiger partial charge in [0.05, 0.1) is 16.4 Å². The van der Waals surface area contributed by atoms with E-state index in [1.54, 1.807) is 0 Å². The lowest BCUT2D eigenvalue weighted by atomic mass is 10.1. The molecule has 1 aromatic carbocycles. The number of aromatic nitrogens is 2. The first-order chi connectivity index (χ1) is 6.29. The molecule has 0 aliphatic rings. The Morgan fingerprint density at radius 2 is 1.73 bits per heavy atom. The van der Waals surface area contributed by atoms with Crippen LogP contribution in [0.1, 0.15) is 0 Å². The zero-order valence-corrected chi connectivity index (χ0v) is 10.2. The summed E-state index contributed by atoms with van der Waals surface area (Å²) in [6.07, 6.45) is 1.81. The van der Waals surface area contributed by atoms with Gasteiger partial charge in [-0.05, 0) is 15.9 Å². The average molecular weight is 271 g/mol. The van der Waals surface area contributed by atoms with Crippen LogP contribution in [0.4, 0.5) is 0 Å². The van der Waals surface area contributed by atoms with Crippen LogP contribution < -0.4 is 12.3 Å². The molecule has 0 amide bonds. The van der Waals surface area contributed by atoms with Crippen molar-refractivity contribution < 1.29 is 0 Å². The second-order valence-corrected chi connectivity index (χ2v) is 3.69. The molecule has 0 aliphatic carbocycles. The van der Waals surface area contributed by atoms with Crippen LogP contribution in [0.3, 0.4) is 0 Å². The first-order valence-electron chi connectivity index (χ1n) is 4.02. The van der Waals surface area contributed by atoms with E-state index < -0.39 is 0 Å². The highest BCUT2D eigenvalue weighted by atomic mass is 79.9. The largest absolute Gasteiger partial charge is 0.344 e. The smallest absolute Gasteiger partial charge is 0.0821 e. The average Bonchev–Trinajstić information content (AvgIpc) is 2.48. The number of benzene rings is 1. The summed E-state index contributed by atoms with van der Waals surface area (Å²) in [6, 6.07) is 10.2. The van der Waals surface area contributed by atoms with Gasteiger partial charge in [-0.25, -0.2) is 0 Å². The van der Waals surface area contributed by atoms with Crippen molar-refractivity contribution in [3.05, 3.63) is 41.0 Å². The van der Waals surface area contributed by atoms with E-state index in [4.69, 9.17) is 0 Å². The third-order valence-corrected chi connectivity index (χ3v) is 2.52. The fraction of sp³-hybridized carbons (Fsp3) is 0.100. The summed E-state index contributed by atoms with van der Waals surface area (Å²) in [6.45, 7) is 0. The van der Waals surface area contributed by atoms with Crippen LogP contribution in [0.2, 0.25) is 0 Å². The molecule has 0 atom stereocenters. The summed E-state index contributed by atoms with van der Waals surface area (Å²) in [4.78, 5) is 0. The van der Waals surface area contributed by atoms with Gasteiger partial charge in [0, 0.05) is 12.6 Å². The monoisotopic (exact) mass is 270 g/mol. The zero-order chi connectivity index (χ0) is 9.26. The van der Waals surface area contributed by atoms with E-state index in [-0.39, 0.29) is 12.3 Å². The molecule has 0 fully saturated rings. The van der Waals surface area contributed by atoms with Crippen molar-refractivity contribution in [3.63, 3.8) is 0 Å². The Morgan fingerprint density at radius 3 is 2.20 bits per heavy atom. The molecular formula is C10H15BrN4. The van der Waals surface area contributed by atoms with Crippen molar-refractivity contribution in [2.75, 3.05) is 0 Å². The van der Waals surface area contributed by atoms with E-state index >= 15 is 0 Å². The molecule has 5 heteroatoms. The Hall–Kier alpha value is -1.17. The highest BCUT2D eigenvalue weighted by Gasteiger charge is 2.06. The van der Waals surface area contributed by atoms with Crippen molar-refractivity contribution in [2.24, 2.45) is 7.05 Å². The number of hydrogen-bond acceptors (Lipinski definition) is 3. The molecule has 0 spiro atoms. The molecular weight excluding hydrogens is 256 g/mol. The van der Waals surface area contributed by atoms with Gasteiger partial charge in [0.25, 0.3) is 0 Å². The van der Waals surface area contributed by atoms with Crippen LogP contribution in [-0.2, 0) is 7.05 Å². The van der Waals surface area contributed by atoms with Crippen LogP contribution in [-0.4, -0.2) is 9.78 Å². The van der Waals surface area contributed by atoms with E-state index in [1.807, 2.05) is 36.1 Å². The SMILES string of the molecule is Cn1ncc(Br)c1-c1ccccc1.N.N. The Balaban J connectivity index is 0.000000980. The van der Waals surface area contributed by atoms with Crippen molar-refractivity contribution in [1.29, 1.82) is 0 Å². The second-order valence-electron chi connectivity index (χ2n) is 2.83. The normalized spacial score (nSPS) is 8.93. The minimum atomic E-state index is 0. The lowest BCUT2D eigenvalue weighted by Crippen LogP contribution is -1.93. The molecule has 2 aromatic rings. The topological polar surface area (TPSA) is 87.8 Å². The summed E-state index contributed by atoms with van der Waals surface area (Å²) < 4.78 is 2.89. The Bertz CT molecular complexity index is 391. The van der Waals surface area contributed by atoms with Crippen LogP contribution in [0.15, 0.2) is 41.0 Å². The molecule has 0 unspecified atom stereocenters. The maximum Gasteiger partial charge on any atom is 0.0821 e. The van der Waals surface area contributed by atoms with Gasteiger partial charge in [-0.1, -0.05) is 30.3 Å².